The zero-order chi connectivity index (χ0) is 19.8. The summed E-state index contributed by atoms with van der Waals surface area (Å²) in [6, 6.07) is 15.7. The molecule has 0 spiro atoms. The molecule has 0 radical (unpaired) electrons. The summed E-state index contributed by atoms with van der Waals surface area (Å²) in [5, 5.41) is 5.68. The van der Waals surface area contributed by atoms with E-state index in [4.69, 9.17) is 5.73 Å². The minimum atomic E-state index is 0.401. The van der Waals surface area contributed by atoms with Crippen LogP contribution in [0.5, 0.6) is 0 Å². The first-order chi connectivity index (χ1) is 13.5. The van der Waals surface area contributed by atoms with Gasteiger partial charge < -0.3 is 11.1 Å². The maximum absolute atomic E-state index is 6.03. The van der Waals surface area contributed by atoms with Crippen molar-refractivity contribution in [3.05, 3.63) is 70.4 Å². The van der Waals surface area contributed by atoms with Crippen molar-refractivity contribution in [2.24, 2.45) is 11.7 Å². The van der Waals surface area contributed by atoms with Gasteiger partial charge in [0.1, 0.15) is 0 Å². The highest BCUT2D eigenvalue weighted by molar-refractivity contribution is 7.11. The van der Waals surface area contributed by atoms with Crippen LogP contribution in [0.3, 0.4) is 0 Å². The Morgan fingerprint density at radius 3 is 2.43 bits per heavy atom. The molecule has 1 atom stereocenters. The molecule has 1 aliphatic rings. The second-order valence-electron chi connectivity index (χ2n) is 7.85. The predicted molar refractivity (Wildman–Crippen MR) is 124 cm³/mol. The Bertz CT molecular complexity index is 1010. The molecule has 4 rings (SSSR count). The van der Waals surface area contributed by atoms with Gasteiger partial charge in [0.2, 0.25) is 0 Å². The second-order valence-corrected chi connectivity index (χ2v) is 8.77. The van der Waals surface area contributed by atoms with Crippen molar-refractivity contribution in [3.8, 4) is 22.3 Å². The van der Waals surface area contributed by atoms with Gasteiger partial charge in [0.15, 0.2) is 0 Å². The van der Waals surface area contributed by atoms with Gasteiger partial charge >= 0.3 is 0 Å². The van der Waals surface area contributed by atoms with E-state index in [-0.39, 0.29) is 0 Å². The Morgan fingerprint density at radius 1 is 1.04 bits per heavy atom. The second kappa shape index (κ2) is 7.57. The summed E-state index contributed by atoms with van der Waals surface area (Å²) in [7, 11) is 0. The predicted octanol–water partition coefficient (Wildman–Crippen LogP) is 6.74. The number of hydrogen-bond acceptors (Lipinski definition) is 3. The maximum atomic E-state index is 6.03. The lowest BCUT2D eigenvalue weighted by Gasteiger charge is -2.26. The molecule has 1 aromatic heterocycles. The fraction of sp³-hybridized carbons (Fsp3) is 0.280. The normalized spacial score (nSPS) is 13.8. The molecular weight excluding hydrogens is 360 g/mol. The summed E-state index contributed by atoms with van der Waals surface area (Å²) in [5.74, 6) is 0.938. The van der Waals surface area contributed by atoms with Crippen LogP contribution >= 0.6 is 11.3 Å². The quantitative estimate of drug-likeness (QED) is 0.508. The van der Waals surface area contributed by atoms with E-state index in [0.29, 0.717) is 18.4 Å². The molecule has 1 unspecified atom stereocenters. The lowest BCUT2D eigenvalue weighted by Crippen LogP contribution is -2.17. The van der Waals surface area contributed by atoms with Gasteiger partial charge in [-0.3, -0.25) is 0 Å². The van der Waals surface area contributed by atoms with Crippen LogP contribution in [0.2, 0.25) is 0 Å². The van der Waals surface area contributed by atoms with E-state index in [0.717, 1.165) is 17.8 Å². The summed E-state index contributed by atoms with van der Waals surface area (Å²) in [6.07, 6.45) is 1.00. The highest BCUT2D eigenvalue weighted by atomic mass is 32.1. The Balaban J connectivity index is 1.87. The van der Waals surface area contributed by atoms with Gasteiger partial charge in [-0.2, -0.15) is 0 Å². The molecule has 2 aromatic carbocycles. The van der Waals surface area contributed by atoms with Crippen LogP contribution in [0, 0.1) is 5.92 Å². The van der Waals surface area contributed by atoms with Gasteiger partial charge in [0.25, 0.3) is 0 Å². The number of nitrogens with two attached hydrogens (primary N) is 1. The van der Waals surface area contributed by atoms with Crippen LogP contribution in [0.15, 0.2) is 54.4 Å². The maximum Gasteiger partial charge on any atom is 0.0578 e. The lowest BCUT2D eigenvalue weighted by molar-refractivity contribution is 0.506. The molecule has 28 heavy (non-hydrogen) atoms. The van der Waals surface area contributed by atoms with Crippen molar-refractivity contribution in [2.75, 3.05) is 11.9 Å². The highest BCUT2D eigenvalue weighted by Gasteiger charge is 2.25. The topological polar surface area (TPSA) is 38.0 Å². The summed E-state index contributed by atoms with van der Waals surface area (Å²) < 4.78 is 0. The van der Waals surface area contributed by atoms with E-state index in [1.54, 1.807) is 11.3 Å². The zero-order valence-corrected chi connectivity index (χ0v) is 17.7. The number of nitrogens with one attached hydrogen (secondary N) is 1. The van der Waals surface area contributed by atoms with E-state index in [2.05, 4.69) is 80.5 Å². The number of rotatable bonds is 5. The Kier molecular flexibility index (Phi) is 5.13. The van der Waals surface area contributed by atoms with Crippen molar-refractivity contribution >= 4 is 22.7 Å². The molecule has 0 fully saturated rings. The van der Waals surface area contributed by atoms with E-state index < -0.39 is 0 Å². The fourth-order valence-electron chi connectivity index (χ4n) is 4.30. The first-order valence-electron chi connectivity index (χ1n) is 10.1. The number of thiophene rings is 1. The first kappa shape index (κ1) is 19.0. The molecule has 2 nitrogen and oxygen atoms in total. The molecule has 0 aliphatic carbocycles. The Hall–Kier alpha value is -2.36. The monoisotopic (exact) mass is 388 g/mol. The number of anilines is 1. The molecule has 0 amide bonds. The molecule has 3 aromatic rings. The van der Waals surface area contributed by atoms with E-state index >= 15 is 0 Å². The summed E-state index contributed by atoms with van der Waals surface area (Å²) in [4.78, 5) is 1.24. The number of fused-ring (bicyclic) bond motifs is 3. The zero-order valence-electron chi connectivity index (χ0n) is 16.9. The number of hydrogen-bond donors (Lipinski definition) is 2. The molecule has 0 bridgehead atoms. The first-order valence-corrected chi connectivity index (χ1v) is 10.9. The minimum absolute atomic E-state index is 0.401. The van der Waals surface area contributed by atoms with Gasteiger partial charge in [-0.05, 0) is 64.6 Å². The van der Waals surface area contributed by atoms with E-state index in [1.807, 2.05) is 0 Å². The minimum Gasteiger partial charge on any atom is -0.354 e. The Morgan fingerprint density at radius 2 is 1.79 bits per heavy atom. The van der Waals surface area contributed by atoms with Crippen LogP contribution in [0.4, 0.5) is 5.69 Å². The van der Waals surface area contributed by atoms with Crippen molar-refractivity contribution in [1.29, 1.82) is 0 Å². The molecule has 0 saturated carbocycles. The standard InChI is InChI=1S/C25H28N2S/c1-5-17-10-11-22-24(20-12-13-28-25(20)16(4)27-22)23(17)19-8-6-18(7-9-19)21(14-26)15(2)3/h6-13,15,21,27H,4-5,14,26H2,1-3H3. The number of benzene rings is 2. The third kappa shape index (κ3) is 3.09. The smallest absolute Gasteiger partial charge is 0.0578 e. The van der Waals surface area contributed by atoms with E-state index in [9.17, 15) is 0 Å². The summed E-state index contributed by atoms with van der Waals surface area (Å²) in [5.41, 5.74) is 16.1. The van der Waals surface area contributed by atoms with Gasteiger partial charge in [0.05, 0.1) is 4.88 Å². The fourth-order valence-corrected chi connectivity index (χ4v) is 5.13. The molecule has 3 heteroatoms. The summed E-state index contributed by atoms with van der Waals surface area (Å²) >= 11 is 1.75. The van der Waals surface area contributed by atoms with Crippen LogP contribution in [-0.4, -0.2) is 6.54 Å². The van der Waals surface area contributed by atoms with Crippen molar-refractivity contribution in [2.45, 2.75) is 33.1 Å². The van der Waals surface area contributed by atoms with Crippen molar-refractivity contribution in [1.82, 2.24) is 0 Å². The summed E-state index contributed by atoms with van der Waals surface area (Å²) in [6.45, 7) is 11.6. The van der Waals surface area contributed by atoms with Crippen LogP contribution in [0.25, 0.3) is 28.0 Å². The molecule has 1 aliphatic heterocycles. The largest absolute Gasteiger partial charge is 0.354 e. The highest BCUT2D eigenvalue weighted by Crippen LogP contribution is 2.48. The SMILES string of the molecule is C=C1Nc2ccc(CC)c(-c3ccc(C(CN)C(C)C)cc3)c2-c2ccsc21. The Labute approximate surface area is 172 Å². The van der Waals surface area contributed by atoms with E-state index in [1.165, 1.54) is 38.3 Å². The van der Waals surface area contributed by atoms with Crippen molar-refractivity contribution < 1.29 is 0 Å². The third-order valence-electron chi connectivity index (χ3n) is 5.85. The molecule has 2 heterocycles. The van der Waals surface area contributed by atoms with Crippen LogP contribution < -0.4 is 11.1 Å². The molecule has 144 valence electrons. The van der Waals surface area contributed by atoms with Crippen LogP contribution in [0.1, 0.15) is 42.7 Å². The average molecular weight is 389 g/mol. The average Bonchev–Trinajstić information content (AvgIpc) is 3.19. The number of aryl methyl sites for hydroxylation is 1. The molecule has 3 N–H and O–H groups in total. The van der Waals surface area contributed by atoms with Crippen molar-refractivity contribution in [3.63, 3.8) is 0 Å². The van der Waals surface area contributed by atoms with Gasteiger partial charge in [-0.25, -0.2) is 0 Å². The van der Waals surface area contributed by atoms with Gasteiger partial charge in [-0.15, -0.1) is 11.3 Å². The third-order valence-corrected chi connectivity index (χ3v) is 6.83. The van der Waals surface area contributed by atoms with Gasteiger partial charge in [-0.1, -0.05) is 57.7 Å². The van der Waals surface area contributed by atoms with Gasteiger partial charge in [0, 0.05) is 22.5 Å². The lowest BCUT2D eigenvalue weighted by atomic mass is 9.84. The molecular formula is C25H28N2S. The van der Waals surface area contributed by atoms with Crippen LogP contribution in [-0.2, 0) is 6.42 Å². The molecule has 0 saturated heterocycles.